The predicted octanol–water partition coefficient (Wildman–Crippen LogP) is 4.09. The third-order valence-corrected chi connectivity index (χ3v) is 4.36. The molecule has 0 saturated carbocycles. The Morgan fingerprint density at radius 3 is 2.48 bits per heavy atom. The molecule has 0 spiro atoms. The number of halogens is 3. The Labute approximate surface area is 144 Å². The van der Waals surface area contributed by atoms with Gasteiger partial charge in [0, 0.05) is 29.9 Å². The molecule has 1 aliphatic heterocycles. The average Bonchev–Trinajstić information content (AvgIpc) is 2.99. The summed E-state index contributed by atoms with van der Waals surface area (Å²) in [5.41, 5.74) is 0.395. The summed E-state index contributed by atoms with van der Waals surface area (Å²) in [5.74, 6) is 1.39. The Morgan fingerprint density at radius 2 is 1.92 bits per heavy atom. The first-order valence-electron chi connectivity index (χ1n) is 8.45. The molecule has 0 aliphatic carbocycles. The number of anilines is 2. The molecule has 2 N–H and O–H groups in total. The third kappa shape index (κ3) is 4.12. The van der Waals surface area contributed by atoms with E-state index in [1.54, 1.807) is 0 Å². The number of pyridine rings is 1. The van der Waals surface area contributed by atoms with Gasteiger partial charge >= 0.3 is 6.18 Å². The Balaban J connectivity index is 1.80. The van der Waals surface area contributed by atoms with Crippen molar-refractivity contribution in [1.29, 1.82) is 0 Å². The first kappa shape index (κ1) is 17.7. The lowest BCUT2D eigenvalue weighted by Gasteiger charge is -2.24. The predicted molar refractivity (Wildman–Crippen MR) is 90.0 cm³/mol. The van der Waals surface area contributed by atoms with E-state index in [1.165, 1.54) is 6.07 Å². The van der Waals surface area contributed by atoms with Crippen LogP contribution in [0.1, 0.15) is 49.9 Å². The Hall–Kier alpha value is -2.09. The smallest absolute Gasteiger partial charge is 0.323 e. The molecule has 0 atom stereocenters. The fourth-order valence-corrected chi connectivity index (χ4v) is 3.07. The number of aromatic nitrogens is 3. The average molecular weight is 353 g/mol. The fourth-order valence-electron chi connectivity index (χ4n) is 3.07. The van der Waals surface area contributed by atoms with Crippen LogP contribution >= 0.6 is 0 Å². The second-order valence-corrected chi connectivity index (χ2v) is 6.57. The lowest BCUT2D eigenvalue weighted by Crippen LogP contribution is -2.28. The van der Waals surface area contributed by atoms with Crippen LogP contribution < -0.4 is 10.6 Å². The summed E-state index contributed by atoms with van der Waals surface area (Å²) in [6, 6.07) is 4.53. The second-order valence-electron chi connectivity index (χ2n) is 6.57. The van der Waals surface area contributed by atoms with E-state index in [2.05, 4.69) is 34.6 Å². The van der Waals surface area contributed by atoms with Crippen molar-refractivity contribution in [2.45, 2.75) is 44.8 Å². The van der Waals surface area contributed by atoms with E-state index in [0.717, 1.165) is 43.9 Å². The zero-order valence-corrected chi connectivity index (χ0v) is 14.3. The molecule has 0 unspecified atom stereocenters. The van der Waals surface area contributed by atoms with Crippen molar-refractivity contribution in [3.05, 3.63) is 35.7 Å². The molecule has 25 heavy (non-hydrogen) atoms. The van der Waals surface area contributed by atoms with Crippen LogP contribution in [0.3, 0.4) is 0 Å². The van der Waals surface area contributed by atoms with Gasteiger partial charge in [0.25, 0.3) is 0 Å². The summed E-state index contributed by atoms with van der Waals surface area (Å²) in [6.45, 7) is 6.10. The summed E-state index contributed by atoms with van der Waals surface area (Å²) in [4.78, 5) is 3.85. The molecule has 3 rings (SSSR count). The Bertz CT molecular complexity index is 700. The summed E-state index contributed by atoms with van der Waals surface area (Å²) >= 11 is 0. The van der Waals surface area contributed by atoms with Gasteiger partial charge in [-0.2, -0.15) is 18.3 Å². The number of rotatable bonds is 4. The van der Waals surface area contributed by atoms with Crippen LogP contribution in [0.2, 0.25) is 0 Å². The minimum Gasteiger partial charge on any atom is -0.323 e. The lowest BCUT2D eigenvalue weighted by molar-refractivity contribution is -0.137. The SMILES string of the molecule is CC(C)n1nc(Nc2ccc(C(F)(F)F)cn2)cc1C1CCNCC1. The van der Waals surface area contributed by atoms with Crippen LogP contribution in [0.15, 0.2) is 24.4 Å². The summed E-state index contributed by atoms with van der Waals surface area (Å²) in [6.07, 6.45) is -1.45. The van der Waals surface area contributed by atoms with Crippen LogP contribution in [0.4, 0.5) is 24.8 Å². The van der Waals surface area contributed by atoms with Crippen LogP contribution in [0.5, 0.6) is 0 Å². The zero-order valence-electron chi connectivity index (χ0n) is 14.3. The number of alkyl halides is 3. The van der Waals surface area contributed by atoms with Crippen LogP contribution in [0, 0.1) is 0 Å². The van der Waals surface area contributed by atoms with E-state index < -0.39 is 11.7 Å². The third-order valence-electron chi connectivity index (χ3n) is 4.36. The summed E-state index contributed by atoms with van der Waals surface area (Å²) in [7, 11) is 0. The molecule has 1 saturated heterocycles. The van der Waals surface area contributed by atoms with E-state index in [0.29, 0.717) is 17.6 Å². The van der Waals surface area contributed by atoms with Gasteiger partial charge in [-0.3, -0.25) is 4.68 Å². The molecule has 2 aromatic rings. The van der Waals surface area contributed by atoms with E-state index in [4.69, 9.17) is 0 Å². The summed E-state index contributed by atoms with van der Waals surface area (Å²) in [5, 5.41) is 10.9. The van der Waals surface area contributed by atoms with Gasteiger partial charge in [0.1, 0.15) is 5.82 Å². The number of hydrogen-bond acceptors (Lipinski definition) is 4. The van der Waals surface area contributed by atoms with E-state index in [1.807, 2.05) is 10.7 Å². The van der Waals surface area contributed by atoms with Gasteiger partial charge in [-0.05, 0) is 51.9 Å². The van der Waals surface area contributed by atoms with Crippen LogP contribution in [-0.2, 0) is 6.18 Å². The maximum atomic E-state index is 12.6. The summed E-state index contributed by atoms with van der Waals surface area (Å²) < 4.78 is 39.8. The van der Waals surface area contributed by atoms with Crippen molar-refractivity contribution < 1.29 is 13.2 Å². The molecular weight excluding hydrogens is 331 g/mol. The van der Waals surface area contributed by atoms with Gasteiger partial charge < -0.3 is 10.6 Å². The lowest BCUT2D eigenvalue weighted by atomic mass is 9.94. The van der Waals surface area contributed by atoms with Gasteiger partial charge in [0.2, 0.25) is 0 Å². The number of nitrogens with zero attached hydrogens (tertiary/aromatic N) is 3. The van der Waals surface area contributed by atoms with Gasteiger partial charge in [0.05, 0.1) is 5.56 Å². The largest absolute Gasteiger partial charge is 0.417 e. The van der Waals surface area contributed by atoms with Crippen molar-refractivity contribution in [2.24, 2.45) is 0 Å². The Kier molecular flexibility index (Phi) is 4.99. The molecule has 0 bridgehead atoms. The van der Waals surface area contributed by atoms with Crippen molar-refractivity contribution in [3.8, 4) is 0 Å². The van der Waals surface area contributed by atoms with Crippen LogP contribution in [-0.4, -0.2) is 27.9 Å². The second kappa shape index (κ2) is 7.03. The maximum Gasteiger partial charge on any atom is 0.417 e. The molecule has 0 radical (unpaired) electrons. The van der Waals surface area contributed by atoms with Gasteiger partial charge in [-0.15, -0.1) is 0 Å². The Morgan fingerprint density at radius 1 is 1.20 bits per heavy atom. The van der Waals surface area contributed by atoms with Gasteiger partial charge in [-0.25, -0.2) is 4.98 Å². The van der Waals surface area contributed by atoms with Crippen molar-refractivity contribution >= 4 is 11.6 Å². The monoisotopic (exact) mass is 353 g/mol. The number of piperidine rings is 1. The number of nitrogens with one attached hydrogen (secondary N) is 2. The van der Waals surface area contributed by atoms with Crippen molar-refractivity contribution in [3.63, 3.8) is 0 Å². The van der Waals surface area contributed by atoms with E-state index in [9.17, 15) is 13.2 Å². The number of hydrogen-bond donors (Lipinski definition) is 2. The fraction of sp³-hybridized carbons (Fsp3) is 0.529. The van der Waals surface area contributed by atoms with Gasteiger partial charge in [0.15, 0.2) is 5.82 Å². The van der Waals surface area contributed by atoms with Crippen LogP contribution in [0.25, 0.3) is 0 Å². The first-order valence-corrected chi connectivity index (χ1v) is 8.45. The highest BCUT2D eigenvalue weighted by Crippen LogP contribution is 2.31. The molecule has 5 nitrogen and oxygen atoms in total. The normalized spacial score (nSPS) is 16.4. The molecule has 8 heteroatoms. The van der Waals surface area contributed by atoms with Crippen molar-refractivity contribution in [2.75, 3.05) is 18.4 Å². The molecule has 136 valence electrons. The molecule has 2 aromatic heterocycles. The highest BCUT2D eigenvalue weighted by Gasteiger charge is 2.30. The molecular formula is C17H22F3N5. The maximum absolute atomic E-state index is 12.6. The zero-order chi connectivity index (χ0) is 18.0. The highest BCUT2D eigenvalue weighted by molar-refractivity contribution is 5.52. The molecule has 3 heterocycles. The molecule has 0 aromatic carbocycles. The van der Waals surface area contributed by atoms with Gasteiger partial charge in [-0.1, -0.05) is 0 Å². The minimum atomic E-state index is -4.38. The first-order chi connectivity index (χ1) is 11.8. The highest BCUT2D eigenvalue weighted by atomic mass is 19.4. The van der Waals surface area contributed by atoms with Crippen molar-refractivity contribution in [1.82, 2.24) is 20.1 Å². The minimum absolute atomic E-state index is 0.209. The molecule has 0 amide bonds. The standard InChI is InChI=1S/C17H22F3N5/c1-11(2)25-14(12-5-7-21-8-6-12)9-16(24-25)23-15-4-3-13(10-22-15)17(18,19)20/h3-4,9-12,21H,5-8H2,1-2H3,(H,22,23,24). The topological polar surface area (TPSA) is 54.8 Å². The van der Waals surface area contributed by atoms with E-state index in [-0.39, 0.29) is 6.04 Å². The molecule has 1 aliphatic rings. The molecule has 1 fully saturated rings. The quantitative estimate of drug-likeness (QED) is 0.869. The van der Waals surface area contributed by atoms with E-state index >= 15 is 0 Å².